The van der Waals surface area contributed by atoms with Gasteiger partial charge in [0.2, 0.25) is 5.88 Å². The molecule has 0 bridgehead atoms. The molecule has 0 spiro atoms. The number of hydrogen-bond acceptors (Lipinski definition) is 5. The molecular weight excluding hydrogens is 377 g/mol. The summed E-state index contributed by atoms with van der Waals surface area (Å²) < 4.78 is 0. The number of pyridine rings is 1. The van der Waals surface area contributed by atoms with E-state index < -0.39 is 0 Å². The van der Waals surface area contributed by atoms with Gasteiger partial charge in [0.05, 0.1) is 12.4 Å². The summed E-state index contributed by atoms with van der Waals surface area (Å²) in [6.07, 6.45) is 3.15. The fourth-order valence-corrected chi connectivity index (χ4v) is 1.13. The van der Waals surface area contributed by atoms with Gasteiger partial charge in [0.25, 0.3) is 0 Å². The van der Waals surface area contributed by atoms with Gasteiger partial charge in [0.15, 0.2) is 5.82 Å². The second-order valence-electron chi connectivity index (χ2n) is 2.61. The van der Waals surface area contributed by atoms with Gasteiger partial charge in [-0.2, -0.15) is 15.2 Å². The van der Waals surface area contributed by atoms with E-state index in [2.05, 4.69) is 20.5 Å². The molecule has 0 aliphatic heterocycles. The van der Waals surface area contributed by atoms with Crippen LogP contribution in [0, 0.1) is 0 Å². The van der Waals surface area contributed by atoms with E-state index in [4.69, 9.17) is 5.11 Å². The Labute approximate surface area is 101 Å². The smallest absolute Gasteiger partial charge is 0.212 e. The first-order valence-electron chi connectivity index (χ1n) is 4.05. The van der Waals surface area contributed by atoms with Crippen molar-refractivity contribution in [2.75, 3.05) is 12.4 Å². The first-order valence-corrected chi connectivity index (χ1v) is 4.05. The van der Waals surface area contributed by atoms with Gasteiger partial charge in [-0.15, -0.1) is 4.80 Å². The third-order valence-corrected chi connectivity index (χ3v) is 1.73. The molecule has 0 amide bonds. The van der Waals surface area contributed by atoms with Crippen LogP contribution in [-0.4, -0.2) is 32.1 Å². The molecule has 6 nitrogen and oxygen atoms in total. The Kier molecular flexibility index (Phi) is 3.79. The number of aromatic nitrogens is 4. The average Bonchev–Trinajstić information content (AvgIpc) is 2.70. The van der Waals surface area contributed by atoms with Gasteiger partial charge in [-0.25, -0.2) is 0 Å². The van der Waals surface area contributed by atoms with E-state index in [-0.39, 0.29) is 26.9 Å². The molecule has 15 heavy (non-hydrogen) atoms. The Hall–Kier alpha value is -1.42. The van der Waals surface area contributed by atoms with Crippen LogP contribution in [0.25, 0.3) is 5.69 Å². The van der Waals surface area contributed by atoms with Gasteiger partial charge in [0, 0.05) is 34.2 Å². The van der Waals surface area contributed by atoms with Gasteiger partial charge in [-0.05, 0) is 6.07 Å². The minimum Gasteiger partial charge on any atom is -0.493 e. The fourth-order valence-electron chi connectivity index (χ4n) is 1.13. The van der Waals surface area contributed by atoms with Crippen LogP contribution in [0.5, 0.6) is 5.88 Å². The molecular formula is C8H9N5OPt. The summed E-state index contributed by atoms with van der Waals surface area (Å²) in [5.41, 5.74) is 0.690. The van der Waals surface area contributed by atoms with E-state index in [1.807, 2.05) is 0 Å². The summed E-state index contributed by atoms with van der Waals surface area (Å²) in [7, 11) is 1.72. The molecule has 82 valence electrons. The Morgan fingerprint density at radius 1 is 1.27 bits per heavy atom. The largest absolute Gasteiger partial charge is 0.493 e. The van der Waals surface area contributed by atoms with Crippen molar-refractivity contribution >= 4 is 5.82 Å². The van der Waals surface area contributed by atoms with Crippen LogP contribution in [0.3, 0.4) is 0 Å². The van der Waals surface area contributed by atoms with E-state index in [1.54, 1.807) is 25.5 Å². The minimum atomic E-state index is -0.0368. The standard InChI is InChI=1S/C8H9N5O.Pt/c1-9-8-6(2-3-7(14)12-8)13-10-4-5-11-13;/h2-5H,1H3,(H2,9,12,14);. The summed E-state index contributed by atoms with van der Waals surface area (Å²) in [6.45, 7) is 0. The average molecular weight is 386 g/mol. The van der Waals surface area contributed by atoms with Gasteiger partial charge in [-0.3, -0.25) is 0 Å². The van der Waals surface area contributed by atoms with Crippen LogP contribution in [0.4, 0.5) is 5.82 Å². The number of nitrogens with one attached hydrogen (secondary N) is 1. The second kappa shape index (κ2) is 4.89. The zero-order valence-electron chi connectivity index (χ0n) is 7.86. The summed E-state index contributed by atoms with van der Waals surface area (Å²) >= 11 is 0. The topological polar surface area (TPSA) is 75.9 Å². The van der Waals surface area contributed by atoms with E-state index in [1.165, 1.54) is 10.9 Å². The van der Waals surface area contributed by atoms with Crippen molar-refractivity contribution in [3.8, 4) is 11.6 Å². The maximum Gasteiger partial charge on any atom is 0.212 e. The quantitative estimate of drug-likeness (QED) is 0.782. The third kappa shape index (κ3) is 2.33. The van der Waals surface area contributed by atoms with Crippen LogP contribution < -0.4 is 5.32 Å². The van der Waals surface area contributed by atoms with E-state index in [9.17, 15) is 0 Å². The van der Waals surface area contributed by atoms with Crippen LogP contribution in [-0.2, 0) is 21.1 Å². The van der Waals surface area contributed by atoms with Gasteiger partial charge in [-0.1, -0.05) is 0 Å². The van der Waals surface area contributed by atoms with E-state index >= 15 is 0 Å². The molecule has 7 heteroatoms. The second-order valence-corrected chi connectivity index (χ2v) is 2.61. The minimum absolute atomic E-state index is 0. The molecule has 0 aromatic carbocycles. The van der Waals surface area contributed by atoms with Crippen LogP contribution in [0.1, 0.15) is 0 Å². The summed E-state index contributed by atoms with van der Waals surface area (Å²) in [6, 6.07) is 3.17. The van der Waals surface area contributed by atoms with Crippen molar-refractivity contribution in [3.05, 3.63) is 24.5 Å². The summed E-state index contributed by atoms with van der Waals surface area (Å²) in [4.78, 5) is 5.32. The number of nitrogens with zero attached hydrogens (tertiary/aromatic N) is 4. The molecule has 0 aliphatic rings. The van der Waals surface area contributed by atoms with Crippen LogP contribution in [0.2, 0.25) is 0 Å². The number of hydrogen-bond donors (Lipinski definition) is 2. The molecule has 0 fully saturated rings. The maximum absolute atomic E-state index is 9.16. The molecule has 0 saturated carbocycles. The molecule has 0 radical (unpaired) electrons. The Balaban J connectivity index is 0.00000112. The monoisotopic (exact) mass is 386 g/mol. The van der Waals surface area contributed by atoms with Crippen molar-refractivity contribution < 1.29 is 26.2 Å². The van der Waals surface area contributed by atoms with Crippen molar-refractivity contribution in [1.82, 2.24) is 20.0 Å². The number of anilines is 1. The maximum atomic E-state index is 9.16. The molecule has 2 aromatic heterocycles. The Bertz CT molecular complexity index is 431. The first kappa shape index (κ1) is 11.7. The SMILES string of the molecule is CNc1nc(O)ccc1-n1nccn1.[Pt]. The molecule has 2 aromatic rings. The molecule has 0 aliphatic carbocycles. The molecule has 2 N–H and O–H groups in total. The molecule has 2 rings (SSSR count). The van der Waals surface area contributed by atoms with E-state index in [0.29, 0.717) is 11.5 Å². The Morgan fingerprint density at radius 3 is 2.53 bits per heavy atom. The Morgan fingerprint density at radius 2 is 1.93 bits per heavy atom. The van der Waals surface area contributed by atoms with Crippen molar-refractivity contribution in [3.63, 3.8) is 0 Å². The molecule has 0 saturated heterocycles. The van der Waals surface area contributed by atoms with Crippen molar-refractivity contribution in [2.24, 2.45) is 0 Å². The predicted octanol–water partition coefficient (Wildman–Crippen LogP) is 0.407. The molecule has 0 atom stereocenters. The predicted molar refractivity (Wildman–Crippen MR) is 50.4 cm³/mol. The van der Waals surface area contributed by atoms with Crippen molar-refractivity contribution in [1.29, 1.82) is 0 Å². The van der Waals surface area contributed by atoms with Gasteiger partial charge >= 0.3 is 0 Å². The first-order chi connectivity index (χ1) is 6.81. The fraction of sp³-hybridized carbons (Fsp3) is 0.125. The van der Waals surface area contributed by atoms with Crippen LogP contribution in [0.15, 0.2) is 24.5 Å². The van der Waals surface area contributed by atoms with Gasteiger partial charge in [0.1, 0.15) is 5.69 Å². The zero-order valence-corrected chi connectivity index (χ0v) is 10.1. The zero-order chi connectivity index (χ0) is 9.97. The van der Waals surface area contributed by atoms with Gasteiger partial charge < -0.3 is 10.4 Å². The third-order valence-electron chi connectivity index (χ3n) is 1.73. The normalized spacial score (nSPS) is 9.40. The number of aromatic hydroxyl groups is 1. The number of rotatable bonds is 2. The van der Waals surface area contributed by atoms with Crippen molar-refractivity contribution in [2.45, 2.75) is 0 Å². The summed E-state index contributed by atoms with van der Waals surface area (Å²) in [5.74, 6) is 0.492. The summed E-state index contributed by atoms with van der Waals surface area (Å²) in [5, 5.41) is 20.0. The van der Waals surface area contributed by atoms with E-state index in [0.717, 1.165) is 0 Å². The molecule has 0 unspecified atom stereocenters. The molecule has 2 heterocycles. The van der Waals surface area contributed by atoms with Crippen LogP contribution >= 0.6 is 0 Å².